The first-order chi connectivity index (χ1) is 25.0. The lowest BCUT2D eigenvalue weighted by Gasteiger charge is -2.31. The van der Waals surface area contributed by atoms with E-state index in [-0.39, 0.29) is 23.5 Å². The van der Waals surface area contributed by atoms with Crippen molar-refractivity contribution >= 4 is 57.5 Å². The Morgan fingerprint density at radius 3 is 2.04 bits per heavy atom. The quantitative estimate of drug-likeness (QED) is 0.157. The van der Waals surface area contributed by atoms with Gasteiger partial charge in [0.1, 0.15) is 18.1 Å². The third kappa shape index (κ3) is 7.50. The largest absolute Gasteiger partial charge is 0.442 e. The number of amides is 3. The number of hydrogen-bond donors (Lipinski definition) is 0. The van der Waals surface area contributed by atoms with Crippen molar-refractivity contribution in [2.75, 3.05) is 21.2 Å². The third-order valence-electron chi connectivity index (χ3n) is 8.69. The van der Waals surface area contributed by atoms with E-state index in [2.05, 4.69) is 5.10 Å². The fourth-order valence-electron chi connectivity index (χ4n) is 6.42. The van der Waals surface area contributed by atoms with Crippen LogP contribution >= 0.6 is 0 Å². The van der Waals surface area contributed by atoms with E-state index >= 15 is 0 Å². The maximum absolute atomic E-state index is 14.8. The molecule has 6 rings (SSSR count). The topological polar surface area (TPSA) is 105 Å². The van der Waals surface area contributed by atoms with Crippen LogP contribution in [0.25, 0.3) is 10.9 Å². The standard InChI is InChI=1S/C40H38F3N5O5/c1-25(2)46(28-21-19-26(20-22-28)40(41,42)43)35(49)24-45-33-17-11-12-18-34(33)47(27-13-7-6-8-14-27)37(51)30(36(45)50)23-31-29-15-9-10-16-32(29)48(44-31)38(52)53-39(3,4)5/h6-22,25,30H,23-24H2,1-5H3. The van der Waals surface area contributed by atoms with Gasteiger partial charge in [0.25, 0.3) is 0 Å². The monoisotopic (exact) mass is 725 g/mol. The normalized spacial score (nSPS) is 15.1. The summed E-state index contributed by atoms with van der Waals surface area (Å²) in [6.45, 7) is 8.07. The minimum atomic E-state index is -4.56. The Balaban J connectivity index is 1.45. The van der Waals surface area contributed by atoms with Crippen molar-refractivity contribution in [1.82, 2.24) is 9.78 Å². The molecule has 0 saturated carbocycles. The molecule has 53 heavy (non-hydrogen) atoms. The van der Waals surface area contributed by atoms with Gasteiger partial charge in [0, 0.05) is 29.2 Å². The number of aromatic nitrogens is 2. The zero-order chi connectivity index (χ0) is 38.2. The van der Waals surface area contributed by atoms with Gasteiger partial charge in [-0.1, -0.05) is 48.5 Å². The smallest absolute Gasteiger partial charge is 0.435 e. The molecule has 13 heteroatoms. The summed E-state index contributed by atoms with van der Waals surface area (Å²) in [5, 5.41) is 5.09. The van der Waals surface area contributed by atoms with Gasteiger partial charge in [0.15, 0.2) is 0 Å². The number of nitrogens with zero attached hydrogens (tertiary/aromatic N) is 5. The van der Waals surface area contributed by atoms with Gasteiger partial charge in [-0.2, -0.15) is 23.0 Å². The number of alkyl halides is 3. The number of carbonyl (C=O) groups is 4. The Labute approximate surface area is 304 Å². The number of benzene rings is 4. The van der Waals surface area contributed by atoms with Crippen LogP contribution in [0.3, 0.4) is 0 Å². The van der Waals surface area contributed by atoms with Crippen molar-refractivity contribution in [2.45, 2.75) is 58.9 Å². The molecule has 0 bridgehead atoms. The summed E-state index contributed by atoms with van der Waals surface area (Å²) in [7, 11) is 0. The molecule has 1 aliphatic heterocycles. The Hall–Kier alpha value is -5.98. The highest BCUT2D eigenvalue weighted by Gasteiger charge is 2.43. The first-order valence-electron chi connectivity index (χ1n) is 17.0. The van der Waals surface area contributed by atoms with Gasteiger partial charge in [-0.15, -0.1) is 0 Å². The average Bonchev–Trinajstić information content (AvgIpc) is 3.44. The summed E-state index contributed by atoms with van der Waals surface area (Å²) in [5.41, 5.74) is 0.351. The zero-order valence-corrected chi connectivity index (χ0v) is 29.8. The van der Waals surface area contributed by atoms with Crippen LogP contribution in [0, 0.1) is 5.92 Å². The highest BCUT2D eigenvalue weighted by molar-refractivity contribution is 6.21. The SMILES string of the molecule is CC(C)N(C(=O)CN1C(=O)C(Cc2nn(C(=O)OC(C)(C)C)c3ccccc23)C(=O)N(c2ccccc2)c2ccccc21)c1ccc(C(F)(F)F)cc1. The predicted molar refractivity (Wildman–Crippen MR) is 195 cm³/mol. The second kappa shape index (κ2) is 14.2. The molecule has 4 aromatic carbocycles. The maximum atomic E-state index is 14.8. The molecule has 3 amide bonds. The summed E-state index contributed by atoms with van der Waals surface area (Å²) >= 11 is 0. The first-order valence-corrected chi connectivity index (χ1v) is 17.0. The van der Waals surface area contributed by atoms with Crippen molar-refractivity contribution in [3.63, 3.8) is 0 Å². The van der Waals surface area contributed by atoms with E-state index in [9.17, 15) is 32.3 Å². The van der Waals surface area contributed by atoms with Crippen molar-refractivity contribution in [3.8, 4) is 0 Å². The van der Waals surface area contributed by atoms with Crippen LogP contribution in [0.4, 0.5) is 40.7 Å². The highest BCUT2D eigenvalue weighted by atomic mass is 19.4. The number of carbonyl (C=O) groups excluding carboxylic acids is 4. The van der Waals surface area contributed by atoms with Crippen LogP contribution in [0.15, 0.2) is 103 Å². The molecule has 0 aliphatic carbocycles. The Kier molecular flexibility index (Phi) is 9.87. The lowest BCUT2D eigenvalue weighted by atomic mass is 9.98. The molecule has 0 N–H and O–H groups in total. The molecule has 5 aromatic rings. The number of fused-ring (bicyclic) bond motifs is 2. The van der Waals surface area contributed by atoms with Crippen LogP contribution in [0.2, 0.25) is 0 Å². The van der Waals surface area contributed by atoms with E-state index in [1.807, 2.05) is 0 Å². The predicted octanol–water partition coefficient (Wildman–Crippen LogP) is 8.15. The van der Waals surface area contributed by atoms with E-state index in [1.54, 1.807) is 113 Å². The number of ether oxygens (including phenoxy) is 1. The van der Waals surface area contributed by atoms with Crippen molar-refractivity contribution in [3.05, 3.63) is 114 Å². The van der Waals surface area contributed by atoms with E-state index in [1.165, 1.54) is 26.8 Å². The molecule has 0 radical (unpaired) electrons. The van der Waals surface area contributed by atoms with E-state index in [0.29, 0.717) is 22.3 Å². The molecule has 1 aromatic heterocycles. The van der Waals surface area contributed by atoms with Gasteiger partial charge in [-0.25, -0.2) is 4.79 Å². The van der Waals surface area contributed by atoms with Crippen LogP contribution in [-0.2, 0) is 31.7 Å². The highest BCUT2D eigenvalue weighted by Crippen LogP contribution is 2.40. The number of anilines is 4. The summed E-state index contributed by atoms with van der Waals surface area (Å²) in [6.07, 6.45) is -5.53. The van der Waals surface area contributed by atoms with Crippen LogP contribution in [0.1, 0.15) is 45.9 Å². The van der Waals surface area contributed by atoms with Gasteiger partial charge in [-0.05, 0) is 89.2 Å². The molecule has 10 nitrogen and oxygen atoms in total. The molecular weight excluding hydrogens is 687 g/mol. The number of rotatable bonds is 7. The number of halogens is 3. The molecule has 1 aliphatic rings. The summed E-state index contributed by atoms with van der Waals surface area (Å²) in [6, 6.07) is 26.1. The van der Waals surface area contributed by atoms with Crippen LogP contribution in [-0.4, -0.2) is 51.8 Å². The second-order valence-electron chi connectivity index (χ2n) is 13.9. The minimum absolute atomic E-state index is 0.214. The first kappa shape index (κ1) is 36.8. The molecular formula is C40H38F3N5O5. The Morgan fingerprint density at radius 1 is 0.811 bits per heavy atom. The van der Waals surface area contributed by atoms with Gasteiger partial charge in [-0.3, -0.25) is 19.3 Å². The molecule has 0 spiro atoms. The van der Waals surface area contributed by atoms with E-state index in [0.717, 1.165) is 16.8 Å². The van der Waals surface area contributed by atoms with E-state index < -0.39 is 59.7 Å². The average molecular weight is 726 g/mol. The Morgan fingerprint density at radius 2 is 1.42 bits per heavy atom. The fraction of sp³-hybridized carbons (Fsp3) is 0.275. The maximum Gasteiger partial charge on any atom is 0.435 e. The van der Waals surface area contributed by atoms with Crippen molar-refractivity contribution in [2.24, 2.45) is 5.92 Å². The fourth-order valence-corrected chi connectivity index (χ4v) is 6.42. The lowest BCUT2D eigenvalue weighted by Crippen LogP contribution is -2.48. The van der Waals surface area contributed by atoms with Gasteiger partial charge in [0.2, 0.25) is 17.7 Å². The summed E-state index contributed by atoms with van der Waals surface area (Å²) in [4.78, 5) is 61.1. The molecule has 274 valence electrons. The van der Waals surface area contributed by atoms with E-state index in [4.69, 9.17) is 4.74 Å². The molecule has 2 heterocycles. The van der Waals surface area contributed by atoms with Crippen LogP contribution in [0.5, 0.6) is 0 Å². The second-order valence-corrected chi connectivity index (χ2v) is 13.9. The minimum Gasteiger partial charge on any atom is -0.442 e. The lowest BCUT2D eigenvalue weighted by molar-refractivity contribution is -0.137. The summed E-state index contributed by atoms with van der Waals surface area (Å²) in [5.74, 6) is -3.27. The molecule has 0 fully saturated rings. The third-order valence-corrected chi connectivity index (χ3v) is 8.69. The van der Waals surface area contributed by atoms with Gasteiger partial charge in [0.05, 0.1) is 28.1 Å². The molecule has 1 unspecified atom stereocenters. The molecule has 1 atom stereocenters. The van der Waals surface area contributed by atoms with Gasteiger partial charge < -0.3 is 14.5 Å². The van der Waals surface area contributed by atoms with Crippen LogP contribution < -0.4 is 14.7 Å². The van der Waals surface area contributed by atoms with Crippen molar-refractivity contribution < 1.29 is 37.1 Å². The van der Waals surface area contributed by atoms with Crippen molar-refractivity contribution in [1.29, 1.82) is 0 Å². The Bertz CT molecular complexity index is 2180. The molecule has 0 saturated heterocycles. The van der Waals surface area contributed by atoms with Gasteiger partial charge >= 0.3 is 12.3 Å². The zero-order valence-electron chi connectivity index (χ0n) is 29.8. The summed E-state index contributed by atoms with van der Waals surface area (Å²) < 4.78 is 46.8. The number of para-hydroxylation sites is 4. The number of hydrogen-bond acceptors (Lipinski definition) is 6.